The Balaban J connectivity index is 2.09. The van der Waals surface area contributed by atoms with Crippen molar-refractivity contribution in [2.45, 2.75) is 19.4 Å². The number of aryl methyl sites for hydroxylation is 1. The van der Waals surface area contributed by atoms with Crippen LogP contribution in [0.4, 0.5) is 0 Å². The Labute approximate surface area is 143 Å². The molecule has 0 saturated carbocycles. The van der Waals surface area contributed by atoms with Crippen LogP contribution in [-0.2, 0) is 17.7 Å². The van der Waals surface area contributed by atoms with E-state index in [9.17, 15) is 4.79 Å². The van der Waals surface area contributed by atoms with Crippen molar-refractivity contribution in [2.75, 3.05) is 21.2 Å². The minimum Gasteiger partial charge on any atom is -0.465 e. The predicted molar refractivity (Wildman–Crippen MR) is 97.0 cm³/mol. The zero-order chi connectivity index (χ0) is 17.1. The van der Waals surface area contributed by atoms with Crippen molar-refractivity contribution < 1.29 is 9.53 Å². The van der Waals surface area contributed by atoms with E-state index in [1.807, 2.05) is 12.1 Å². The smallest absolute Gasteiger partial charge is 0.337 e. The largest absolute Gasteiger partial charge is 0.465 e. The summed E-state index contributed by atoms with van der Waals surface area (Å²) in [5, 5.41) is 0. The van der Waals surface area contributed by atoms with Gasteiger partial charge in [-0.05, 0) is 66.9 Å². The van der Waals surface area contributed by atoms with Crippen molar-refractivity contribution >= 4 is 11.5 Å². The molecule has 124 valence electrons. The summed E-state index contributed by atoms with van der Waals surface area (Å²) in [5.74, 6) is -0.288. The summed E-state index contributed by atoms with van der Waals surface area (Å²) in [5.41, 5.74) is 6.81. The van der Waals surface area contributed by atoms with E-state index < -0.39 is 0 Å². The van der Waals surface area contributed by atoms with Crippen molar-refractivity contribution in [1.29, 1.82) is 0 Å². The fourth-order valence-corrected chi connectivity index (χ4v) is 3.29. The maximum Gasteiger partial charge on any atom is 0.337 e. The molecule has 1 aliphatic carbocycles. The van der Waals surface area contributed by atoms with Gasteiger partial charge in [-0.15, -0.1) is 0 Å². The highest BCUT2D eigenvalue weighted by molar-refractivity contribution is 5.93. The molecule has 0 amide bonds. The van der Waals surface area contributed by atoms with Gasteiger partial charge in [-0.1, -0.05) is 36.4 Å². The van der Waals surface area contributed by atoms with Crippen molar-refractivity contribution in [3.8, 4) is 0 Å². The SMILES string of the molecule is COC(=O)c1ccc2c(c1)C(c1ccccc1CN(C)C)=CCC2. The second kappa shape index (κ2) is 7.02. The van der Waals surface area contributed by atoms with Crippen LogP contribution in [0.25, 0.3) is 5.57 Å². The lowest BCUT2D eigenvalue weighted by Crippen LogP contribution is -2.13. The van der Waals surface area contributed by atoms with Crippen LogP contribution in [0.15, 0.2) is 48.5 Å². The van der Waals surface area contributed by atoms with E-state index in [0.29, 0.717) is 5.56 Å². The van der Waals surface area contributed by atoms with Crippen molar-refractivity contribution in [2.24, 2.45) is 0 Å². The van der Waals surface area contributed by atoms with Crippen LogP contribution in [0.2, 0.25) is 0 Å². The van der Waals surface area contributed by atoms with Crippen LogP contribution in [0.3, 0.4) is 0 Å². The van der Waals surface area contributed by atoms with Gasteiger partial charge in [0.15, 0.2) is 0 Å². The summed E-state index contributed by atoms with van der Waals surface area (Å²) in [6.45, 7) is 0.888. The number of nitrogens with zero attached hydrogens (tertiary/aromatic N) is 1. The summed E-state index contributed by atoms with van der Waals surface area (Å²) in [7, 11) is 5.58. The monoisotopic (exact) mass is 321 g/mol. The average molecular weight is 321 g/mol. The van der Waals surface area contributed by atoms with E-state index in [1.54, 1.807) is 0 Å². The van der Waals surface area contributed by atoms with Crippen LogP contribution < -0.4 is 0 Å². The van der Waals surface area contributed by atoms with Crippen LogP contribution in [-0.4, -0.2) is 32.1 Å². The molecule has 0 bridgehead atoms. The number of fused-ring (bicyclic) bond motifs is 1. The molecule has 0 heterocycles. The normalized spacial score (nSPS) is 13.4. The van der Waals surface area contributed by atoms with Crippen LogP contribution in [0.5, 0.6) is 0 Å². The number of methoxy groups -OCH3 is 1. The van der Waals surface area contributed by atoms with Crippen molar-refractivity contribution in [1.82, 2.24) is 4.90 Å². The number of rotatable bonds is 4. The molecule has 0 aromatic heterocycles. The van der Waals surface area contributed by atoms with Gasteiger partial charge in [0, 0.05) is 6.54 Å². The predicted octanol–water partition coefficient (Wildman–Crippen LogP) is 3.91. The Kier molecular flexibility index (Phi) is 4.81. The number of benzene rings is 2. The van der Waals surface area contributed by atoms with Crippen LogP contribution in [0.1, 0.15) is 39.0 Å². The number of ether oxygens (including phenoxy) is 1. The van der Waals surface area contributed by atoms with E-state index >= 15 is 0 Å². The van der Waals surface area contributed by atoms with Gasteiger partial charge in [0.05, 0.1) is 12.7 Å². The first-order chi connectivity index (χ1) is 11.6. The average Bonchev–Trinajstić information content (AvgIpc) is 2.60. The molecule has 0 saturated heterocycles. The zero-order valence-electron chi connectivity index (χ0n) is 14.5. The minimum atomic E-state index is -0.288. The third-order valence-electron chi connectivity index (χ3n) is 4.38. The van der Waals surface area contributed by atoms with Gasteiger partial charge in [0.2, 0.25) is 0 Å². The number of hydrogen-bond acceptors (Lipinski definition) is 3. The molecule has 3 rings (SSSR count). The number of allylic oxidation sites excluding steroid dienone is 1. The highest BCUT2D eigenvalue weighted by atomic mass is 16.5. The standard InChI is InChI=1S/C21H23NO2/c1-22(2)14-17-7-4-5-9-18(17)19-10-6-8-15-11-12-16(13-20(15)19)21(23)24-3/h4-5,7,9-13H,6,8,14H2,1-3H3. The lowest BCUT2D eigenvalue weighted by atomic mass is 9.84. The number of carbonyl (C=O) groups excluding carboxylic acids is 1. The summed E-state index contributed by atoms with van der Waals surface area (Å²) >= 11 is 0. The Morgan fingerprint density at radius 1 is 1.12 bits per heavy atom. The van der Waals surface area contributed by atoms with Gasteiger partial charge in [-0.2, -0.15) is 0 Å². The van der Waals surface area contributed by atoms with Gasteiger partial charge in [0.25, 0.3) is 0 Å². The lowest BCUT2D eigenvalue weighted by Gasteiger charge is -2.22. The third kappa shape index (κ3) is 3.26. The molecule has 2 aromatic rings. The third-order valence-corrected chi connectivity index (χ3v) is 4.38. The minimum absolute atomic E-state index is 0.288. The van der Waals surface area contributed by atoms with E-state index in [0.717, 1.165) is 24.9 Å². The molecule has 3 nitrogen and oxygen atoms in total. The Bertz CT molecular complexity index is 790. The highest BCUT2D eigenvalue weighted by Crippen LogP contribution is 2.34. The molecule has 0 atom stereocenters. The van der Waals surface area contributed by atoms with Gasteiger partial charge in [-0.25, -0.2) is 4.79 Å². The number of carbonyl (C=O) groups is 1. The highest BCUT2D eigenvalue weighted by Gasteiger charge is 2.19. The molecule has 2 aromatic carbocycles. The number of hydrogen-bond donors (Lipinski definition) is 0. The van der Waals surface area contributed by atoms with Gasteiger partial charge >= 0.3 is 5.97 Å². The van der Waals surface area contributed by atoms with Gasteiger partial charge < -0.3 is 9.64 Å². The molecule has 3 heteroatoms. The molecular formula is C21H23NO2. The van der Waals surface area contributed by atoms with E-state index in [2.05, 4.69) is 55.4 Å². The Hall–Kier alpha value is -2.39. The van der Waals surface area contributed by atoms with E-state index in [-0.39, 0.29) is 5.97 Å². The Morgan fingerprint density at radius 2 is 1.92 bits per heavy atom. The molecule has 0 spiro atoms. The quantitative estimate of drug-likeness (QED) is 0.800. The molecule has 0 unspecified atom stereocenters. The molecule has 1 aliphatic rings. The van der Waals surface area contributed by atoms with Crippen molar-refractivity contribution in [3.05, 3.63) is 76.4 Å². The second-order valence-electron chi connectivity index (χ2n) is 6.41. The zero-order valence-corrected chi connectivity index (χ0v) is 14.5. The summed E-state index contributed by atoms with van der Waals surface area (Å²) in [6, 6.07) is 14.4. The fraction of sp³-hybridized carbons (Fsp3) is 0.286. The van der Waals surface area contributed by atoms with E-state index in [1.165, 1.54) is 29.4 Å². The van der Waals surface area contributed by atoms with Crippen LogP contribution >= 0.6 is 0 Å². The van der Waals surface area contributed by atoms with Gasteiger partial charge in [0.1, 0.15) is 0 Å². The molecule has 0 radical (unpaired) electrons. The molecule has 0 fully saturated rings. The van der Waals surface area contributed by atoms with Crippen LogP contribution in [0, 0.1) is 0 Å². The number of esters is 1. The first-order valence-electron chi connectivity index (χ1n) is 8.25. The fourth-order valence-electron chi connectivity index (χ4n) is 3.29. The maximum atomic E-state index is 11.9. The summed E-state index contributed by atoms with van der Waals surface area (Å²) in [4.78, 5) is 14.1. The van der Waals surface area contributed by atoms with Crippen molar-refractivity contribution in [3.63, 3.8) is 0 Å². The Morgan fingerprint density at radius 3 is 2.67 bits per heavy atom. The first kappa shape index (κ1) is 16.5. The van der Waals surface area contributed by atoms with E-state index in [4.69, 9.17) is 4.74 Å². The molecule has 0 aliphatic heterocycles. The second-order valence-corrected chi connectivity index (χ2v) is 6.41. The molecular weight excluding hydrogens is 298 g/mol. The lowest BCUT2D eigenvalue weighted by molar-refractivity contribution is 0.0600. The van der Waals surface area contributed by atoms with Gasteiger partial charge in [-0.3, -0.25) is 0 Å². The topological polar surface area (TPSA) is 29.5 Å². The first-order valence-corrected chi connectivity index (χ1v) is 8.25. The summed E-state index contributed by atoms with van der Waals surface area (Å²) in [6.07, 6.45) is 4.32. The molecule has 0 N–H and O–H groups in total. The molecule has 24 heavy (non-hydrogen) atoms. The summed E-state index contributed by atoms with van der Waals surface area (Å²) < 4.78 is 4.88. The maximum absolute atomic E-state index is 11.9.